The van der Waals surface area contributed by atoms with Crippen molar-refractivity contribution in [2.75, 3.05) is 0 Å². The molecule has 0 radical (unpaired) electrons. The third-order valence-corrected chi connectivity index (χ3v) is 2.83. The van der Waals surface area contributed by atoms with Crippen molar-refractivity contribution in [3.05, 3.63) is 28.5 Å². The predicted molar refractivity (Wildman–Crippen MR) is 63.1 cm³/mol. The number of Topliss-reactive ketones (excluding diaryl/α,β-unsaturated/α-hetero) is 1. The largest absolute Gasteiger partial charge is 0.322 e. The molecule has 0 aliphatic carbocycles. The van der Waals surface area contributed by atoms with Gasteiger partial charge in [-0.2, -0.15) is 0 Å². The summed E-state index contributed by atoms with van der Waals surface area (Å²) in [7, 11) is 0. The first-order valence-electron chi connectivity index (χ1n) is 4.80. The number of benzene rings is 1. The lowest BCUT2D eigenvalue weighted by atomic mass is 10.3. The van der Waals surface area contributed by atoms with Crippen LogP contribution in [0.3, 0.4) is 0 Å². The zero-order valence-electron chi connectivity index (χ0n) is 8.62. The number of carbonyl (C=O) groups excluding carboxylic acids is 1. The van der Waals surface area contributed by atoms with Crippen molar-refractivity contribution in [1.82, 2.24) is 9.55 Å². The number of hydrogen-bond donors (Lipinski definition) is 0. The number of aryl methyl sites for hydroxylation is 1. The molecule has 15 heavy (non-hydrogen) atoms. The van der Waals surface area contributed by atoms with Crippen molar-refractivity contribution in [2.24, 2.45) is 0 Å². The summed E-state index contributed by atoms with van der Waals surface area (Å²) in [5, 5.41) is 0. The smallest absolute Gasteiger partial charge is 0.195 e. The second-order valence-corrected chi connectivity index (χ2v) is 4.28. The van der Waals surface area contributed by atoms with Crippen LogP contribution in [0.5, 0.6) is 0 Å². The van der Waals surface area contributed by atoms with E-state index in [2.05, 4.69) is 20.9 Å². The highest BCUT2D eigenvalue weighted by Gasteiger charge is 2.12. The topological polar surface area (TPSA) is 34.9 Å². The minimum Gasteiger partial charge on any atom is -0.322 e. The molecule has 0 atom stereocenters. The molecule has 1 heterocycles. The van der Waals surface area contributed by atoms with Gasteiger partial charge in [0, 0.05) is 17.9 Å². The fourth-order valence-corrected chi connectivity index (χ4v) is 2.04. The van der Waals surface area contributed by atoms with Crippen molar-refractivity contribution in [3.8, 4) is 0 Å². The maximum absolute atomic E-state index is 11.4. The molecule has 0 unspecified atom stereocenters. The lowest BCUT2D eigenvalue weighted by Crippen LogP contribution is -2.05. The number of halogens is 1. The van der Waals surface area contributed by atoms with Crippen LogP contribution >= 0.6 is 15.9 Å². The van der Waals surface area contributed by atoms with Gasteiger partial charge >= 0.3 is 0 Å². The fourth-order valence-electron chi connectivity index (χ4n) is 1.69. The molecule has 0 saturated heterocycles. The van der Waals surface area contributed by atoms with E-state index in [4.69, 9.17) is 0 Å². The molecule has 2 aromatic rings. The summed E-state index contributed by atoms with van der Waals surface area (Å²) in [6, 6.07) is 5.86. The highest BCUT2D eigenvalue weighted by Crippen LogP contribution is 2.21. The Hall–Kier alpha value is -1.16. The van der Waals surface area contributed by atoms with E-state index in [1.807, 2.05) is 29.7 Å². The molecule has 0 aliphatic heterocycles. The molecule has 78 valence electrons. The van der Waals surface area contributed by atoms with E-state index in [-0.39, 0.29) is 5.78 Å². The summed E-state index contributed by atoms with van der Waals surface area (Å²) in [5.41, 5.74) is 1.86. The normalized spacial score (nSPS) is 10.9. The van der Waals surface area contributed by atoms with Gasteiger partial charge < -0.3 is 4.57 Å². The molecule has 0 aliphatic rings. The monoisotopic (exact) mass is 266 g/mol. The number of aromatic nitrogens is 2. The third kappa shape index (κ3) is 1.69. The van der Waals surface area contributed by atoms with Gasteiger partial charge in [-0.25, -0.2) is 4.98 Å². The van der Waals surface area contributed by atoms with Gasteiger partial charge in [-0.1, -0.05) is 15.9 Å². The Labute approximate surface area is 96.2 Å². The minimum absolute atomic E-state index is 0.00386. The molecule has 4 heteroatoms. The first-order valence-corrected chi connectivity index (χ1v) is 5.59. The average molecular weight is 267 g/mol. The fraction of sp³-hybridized carbons (Fsp3) is 0.273. The van der Waals surface area contributed by atoms with Crippen LogP contribution in [0.1, 0.15) is 24.5 Å². The van der Waals surface area contributed by atoms with Crippen LogP contribution in [-0.2, 0) is 6.54 Å². The van der Waals surface area contributed by atoms with Gasteiger partial charge in [-0.3, -0.25) is 4.79 Å². The van der Waals surface area contributed by atoms with Crippen LogP contribution < -0.4 is 0 Å². The number of nitrogens with zero attached hydrogens (tertiary/aromatic N) is 2. The van der Waals surface area contributed by atoms with E-state index in [1.54, 1.807) is 6.92 Å². The maximum atomic E-state index is 11.4. The van der Waals surface area contributed by atoms with Crippen LogP contribution in [-0.4, -0.2) is 15.3 Å². The third-order valence-electron chi connectivity index (χ3n) is 2.34. The average Bonchev–Trinajstić information content (AvgIpc) is 2.55. The number of carbonyl (C=O) groups is 1. The summed E-state index contributed by atoms with van der Waals surface area (Å²) in [6.07, 6.45) is 0. The van der Waals surface area contributed by atoms with E-state index in [9.17, 15) is 4.79 Å². The van der Waals surface area contributed by atoms with E-state index in [1.165, 1.54) is 0 Å². The molecule has 0 fully saturated rings. The highest BCUT2D eigenvalue weighted by atomic mass is 79.9. The predicted octanol–water partition coefficient (Wildman–Crippen LogP) is 3.02. The Bertz CT molecular complexity index is 531. The van der Waals surface area contributed by atoms with Crippen LogP contribution in [0.25, 0.3) is 11.0 Å². The number of fused-ring (bicyclic) bond motifs is 1. The van der Waals surface area contributed by atoms with Gasteiger partial charge in [-0.05, 0) is 25.1 Å². The van der Waals surface area contributed by atoms with Crippen LogP contribution in [0.4, 0.5) is 0 Å². The molecule has 0 spiro atoms. The van der Waals surface area contributed by atoms with Gasteiger partial charge in [-0.15, -0.1) is 0 Å². The van der Waals surface area contributed by atoms with Crippen molar-refractivity contribution in [2.45, 2.75) is 20.4 Å². The summed E-state index contributed by atoms with van der Waals surface area (Å²) < 4.78 is 2.91. The molecule has 0 amide bonds. The zero-order valence-corrected chi connectivity index (χ0v) is 10.2. The summed E-state index contributed by atoms with van der Waals surface area (Å²) in [5.74, 6) is 0.537. The number of imidazole rings is 1. The van der Waals surface area contributed by atoms with E-state index >= 15 is 0 Å². The first kappa shape index (κ1) is 10.4. The zero-order chi connectivity index (χ0) is 11.0. The highest BCUT2D eigenvalue weighted by molar-refractivity contribution is 9.10. The molecular weight excluding hydrogens is 256 g/mol. The van der Waals surface area contributed by atoms with Crippen molar-refractivity contribution < 1.29 is 4.79 Å². The molecule has 0 saturated carbocycles. The van der Waals surface area contributed by atoms with Crippen molar-refractivity contribution in [3.63, 3.8) is 0 Å². The maximum Gasteiger partial charge on any atom is 0.195 e. The Morgan fingerprint density at radius 2 is 2.27 bits per heavy atom. The number of hydrogen-bond acceptors (Lipinski definition) is 2. The summed E-state index contributed by atoms with van der Waals surface area (Å²) >= 11 is 3.39. The minimum atomic E-state index is 0.00386. The number of rotatable bonds is 2. The lowest BCUT2D eigenvalue weighted by molar-refractivity contribution is 0.1000. The Morgan fingerprint density at radius 1 is 1.53 bits per heavy atom. The van der Waals surface area contributed by atoms with Gasteiger partial charge in [0.25, 0.3) is 0 Å². The van der Waals surface area contributed by atoms with Gasteiger partial charge in [0.15, 0.2) is 11.6 Å². The standard InChI is InChI=1S/C11H11BrN2O/c1-3-14-10-5-4-8(12)6-9(10)13-11(14)7(2)15/h4-6H,3H2,1-2H3. The number of ketones is 1. The quantitative estimate of drug-likeness (QED) is 0.784. The molecule has 1 aromatic heterocycles. The van der Waals surface area contributed by atoms with Crippen LogP contribution in [0.15, 0.2) is 22.7 Å². The van der Waals surface area contributed by atoms with Crippen molar-refractivity contribution in [1.29, 1.82) is 0 Å². The SMILES string of the molecule is CCn1c(C(C)=O)nc2cc(Br)ccc21. The van der Waals surface area contributed by atoms with Gasteiger partial charge in [0.2, 0.25) is 0 Å². The first-order chi connectivity index (χ1) is 7.13. The summed E-state index contributed by atoms with van der Waals surface area (Å²) in [4.78, 5) is 15.7. The van der Waals surface area contributed by atoms with Crippen molar-refractivity contribution >= 4 is 32.7 Å². The van der Waals surface area contributed by atoms with Gasteiger partial charge in [0.1, 0.15) is 0 Å². The second-order valence-electron chi connectivity index (χ2n) is 3.37. The van der Waals surface area contributed by atoms with E-state index < -0.39 is 0 Å². The molecule has 3 nitrogen and oxygen atoms in total. The van der Waals surface area contributed by atoms with E-state index in [0.717, 1.165) is 22.1 Å². The molecule has 2 rings (SSSR count). The Balaban J connectivity index is 2.78. The molecule has 1 aromatic carbocycles. The lowest BCUT2D eigenvalue weighted by Gasteiger charge is -2.02. The molecule has 0 N–H and O–H groups in total. The Morgan fingerprint density at radius 3 is 2.87 bits per heavy atom. The Kier molecular flexibility index (Phi) is 2.61. The van der Waals surface area contributed by atoms with Crippen LogP contribution in [0, 0.1) is 0 Å². The molecule has 0 bridgehead atoms. The van der Waals surface area contributed by atoms with E-state index in [0.29, 0.717) is 5.82 Å². The van der Waals surface area contributed by atoms with Crippen LogP contribution in [0.2, 0.25) is 0 Å². The molecular formula is C11H11BrN2O. The second kappa shape index (κ2) is 3.77. The van der Waals surface area contributed by atoms with Gasteiger partial charge in [0.05, 0.1) is 11.0 Å². The summed E-state index contributed by atoms with van der Waals surface area (Å²) in [6.45, 7) is 4.31.